The lowest BCUT2D eigenvalue weighted by atomic mass is 9.99. The highest BCUT2D eigenvalue weighted by Gasteiger charge is 2.14. The van der Waals surface area contributed by atoms with E-state index in [-0.39, 0.29) is 0 Å². The van der Waals surface area contributed by atoms with Gasteiger partial charge in [0.2, 0.25) is 0 Å². The van der Waals surface area contributed by atoms with Crippen molar-refractivity contribution in [1.82, 2.24) is 19.2 Å². The molecule has 174 valence electrons. The molecular formula is C33H22N4. The molecular weight excluding hydrogens is 452 g/mol. The highest BCUT2D eigenvalue weighted by Crippen LogP contribution is 2.35. The van der Waals surface area contributed by atoms with Gasteiger partial charge in [0.05, 0.1) is 33.8 Å². The second kappa shape index (κ2) is 7.52. The lowest BCUT2D eigenvalue weighted by Crippen LogP contribution is -1.96. The second-order valence-corrected chi connectivity index (χ2v) is 9.63. The van der Waals surface area contributed by atoms with E-state index in [9.17, 15) is 0 Å². The maximum absolute atomic E-state index is 4.88. The predicted octanol–water partition coefficient (Wildman–Crippen LogP) is 8.11. The Kier molecular flexibility index (Phi) is 4.12. The van der Waals surface area contributed by atoms with Gasteiger partial charge in [0.1, 0.15) is 0 Å². The zero-order chi connectivity index (χ0) is 24.5. The van der Waals surface area contributed by atoms with E-state index in [1.165, 1.54) is 32.9 Å². The normalized spacial score (nSPS) is 11.9. The number of rotatable bonds is 2. The SMILES string of the molecule is Cc1ccc2c(n1)c1ccc(-c3cccc(-n4c5ccccc5c5ccccc54)c3)cc1c1ccnn12. The van der Waals surface area contributed by atoms with Crippen LogP contribution in [0, 0.1) is 6.92 Å². The summed E-state index contributed by atoms with van der Waals surface area (Å²) in [5.74, 6) is 0. The fourth-order valence-corrected chi connectivity index (χ4v) is 5.79. The third kappa shape index (κ3) is 2.90. The molecule has 37 heavy (non-hydrogen) atoms. The van der Waals surface area contributed by atoms with Crippen LogP contribution in [0.4, 0.5) is 0 Å². The molecule has 0 bridgehead atoms. The van der Waals surface area contributed by atoms with Gasteiger partial charge in [-0.3, -0.25) is 4.98 Å². The van der Waals surface area contributed by atoms with E-state index in [1.807, 2.05) is 23.7 Å². The summed E-state index contributed by atoms with van der Waals surface area (Å²) in [6.45, 7) is 2.03. The Morgan fingerprint density at radius 3 is 2.11 bits per heavy atom. The van der Waals surface area contributed by atoms with Gasteiger partial charge in [-0.15, -0.1) is 0 Å². The molecule has 0 atom stereocenters. The first-order chi connectivity index (χ1) is 18.3. The molecule has 0 aliphatic heterocycles. The van der Waals surface area contributed by atoms with E-state index in [2.05, 4.69) is 113 Å². The largest absolute Gasteiger partial charge is 0.309 e. The number of pyridine rings is 2. The van der Waals surface area contributed by atoms with E-state index in [4.69, 9.17) is 4.98 Å². The first-order valence-electron chi connectivity index (χ1n) is 12.5. The average Bonchev–Trinajstić information content (AvgIpc) is 3.57. The van der Waals surface area contributed by atoms with E-state index < -0.39 is 0 Å². The molecule has 0 aliphatic rings. The number of aromatic nitrogens is 4. The maximum Gasteiger partial charge on any atom is 0.0969 e. The minimum absolute atomic E-state index is 0.983. The molecule has 0 fully saturated rings. The maximum atomic E-state index is 4.88. The topological polar surface area (TPSA) is 35.1 Å². The number of hydrogen-bond acceptors (Lipinski definition) is 2. The number of fused-ring (bicyclic) bond motifs is 9. The Labute approximate surface area is 213 Å². The van der Waals surface area contributed by atoms with Crippen molar-refractivity contribution >= 4 is 49.1 Å². The Hall–Kier alpha value is -4.96. The molecule has 0 unspecified atom stereocenters. The van der Waals surface area contributed by atoms with Gasteiger partial charge in [0.15, 0.2) is 0 Å². The fourth-order valence-electron chi connectivity index (χ4n) is 5.79. The Morgan fingerprint density at radius 1 is 0.541 bits per heavy atom. The molecule has 0 spiro atoms. The molecule has 0 saturated carbocycles. The molecule has 4 heterocycles. The summed E-state index contributed by atoms with van der Waals surface area (Å²) in [6, 6.07) is 39.0. The van der Waals surface area contributed by atoms with Crippen molar-refractivity contribution in [2.75, 3.05) is 0 Å². The van der Waals surface area contributed by atoms with Crippen molar-refractivity contribution in [3.05, 3.63) is 121 Å². The summed E-state index contributed by atoms with van der Waals surface area (Å²) in [6.07, 6.45) is 1.86. The molecule has 0 radical (unpaired) electrons. The van der Waals surface area contributed by atoms with Gasteiger partial charge in [-0.2, -0.15) is 5.10 Å². The van der Waals surface area contributed by atoms with Crippen LogP contribution in [0.25, 0.3) is 65.9 Å². The van der Waals surface area contributed by atoms with Crippen molar-refractivity contribution < 1.29 is 0 Å². The molecule has 4 nitrogen and oxygen atoms in total. The van der Waals surface area contributed by atoms with Crippen LogP contribution in [-0.4, -0.2) is 19.2 Å². The first kappa shape index (κ1) is 20.3. The van der Waals surface area contributed by atoms with Gasteiger partial charge in [0, 0.05) is 32.9 Å². The minimum atomic E-state index is 0.983. The lowest BCUT2D eigenvalue weighted by molar-refractivity contribution is 1.00. The summed E-state index contributed by atoms with van der Waals surface area (Å²) in [5, 5.41) is 9.45. The van der Waals surface area contributed by atoms with Crippen LogP contribution in [0.5, 0.6) is 0 Å². The smallest absolute Gasteiger partial charge is 0.0969 e. The molecule has 0 aliphatic carbocycles. The quantitative estimate of drug-likeness (QED) is 0.237. The van der Waals surface area contributed by atoms with E-state index in [0.29, 0.717) is 0 Å². The molecule has 4 aromatic heterocycles. The van der Waals surface area contributed by atoms with Crippen LogP contribution in [0.1, 0.15) is 5.69 Å². The monoisotopic (exact) mass is 474 g/mol. The Balaban J connectivity index is 1.37. The predicted molar refractivity (Wildman–Crippen MR) is 153 cm³/mol. The summed E-state index contributed by atoms with van der Waals surface area (Å²) in [4.78, 5) is 4.88. The van der Waals surface area contributed by atoms with Crippen LogP contribution >= 0.6 is 0 Å². The summed E-state index contributed by atoms with van der Waals surface area (Å²) in [5.41, 5.74) is 10.0. The van der Waals surface area contributed by atoms with Crippen LogP contribution < -0.4 is 0 Å². The van der Waals surface area contributed by atoms with Crippen molar-refractivity contribution in [3.8, 4) is 16.8 Å². The van der Waals surface area contributed by atoms with E-state index in [0.717, 1.165) is 38.7 Å². The van der Waals surface area contributed by atoms with Gasteiger partial charge in [-0.1, -0.05) is 60.7 Å². The number of hydrogen-bond donors (Lipinski definition) is 0. The van der Waals surface area contributed by atoms with Crippen molar-refractivity contribution in [2.24, 2.45) is 0 Å². The van der Waals surface area contributed by atoms with Crippen molar-refractivity contribution in [1.29, 1.82) is 0 Å². The highest BCUT2D eigenvalue weighted by molar-refractivity contribution is 6.12. The number of nitrogens with zero attached hydrogens (tertiary/aromatic N) is 4. The van der Waals surface area contributed by atoms with Crippen LogP contribution in [0.3, 0.4) is 0 Å². The highest BCUT2D eigenvalue weighted by atomic mass is 15.2. The van der Waals surface area contributed by atoms with Gasteiger partial charge in [0.25, 0.3) is 0 Å². The Bertz CT molecular complexity index is 2110. The fraction of sp³-hybridized carbons (Fsp3) is 0.0303. The van der Waals surface area contributed by atoms with Crippen LogP contribution in [0.2, 0.25) is 0 Å². The van der Waals surface area contributed by atoms with Crippen molar-refractivity contribution in [2.45, 2.75) is 6.92 Å². The Morgan fingerprint density at radius 2 is 1.30 bits per heavy atom. The molecule has 8 aromatic rings. The summed E-state index contributed by atoms with van der Waals surface area (Å²) >= 11 is 0. The van der Waals surface area contributed by atoms with Crippen LogP contribution in [-0.2, 0) is 0 Å². The number of para-hydroxylation sites is 2. The lowest BCUT2D eigenvalue weighted by Gasteiger charge is -2.12. The molecule has 0 amide bonds. The molecule has 0 saturated heterocycles. The standard InChI is InChI=1S/C33H22N4/c1-21-13-16-32-33(35-21)27-15-14-23(20-28(27)31-17-18-34-37(31)32)22-7-6-8-24(19-22)36-29-11-4-2-9-25(29)26-10-3-5-12-30(26)36/h2-20H,1H3. The van der Waals surface area contributed by atoms with E-state index >= 15 is 0 Å². The zero-order valence-corrected chi connectivity index (χ0v) is 20.3. The first-order valence-corrected chi connectivity index (χ1v) is 12.5. The average molecular weight is 475 g/mol. The van der Waals surface area contributed by atoms with Gasteiger partial charge in [-0.25, -0.2) is 4.52 Å². The van der Waals surface area contributed by atoms with Gasteiger partial charge >= 0.3 is 0 Å². The molecule has 8 rings (SSSR count). The number of aryl methyl sites for hydroxylation is 1. The van der Waals surface area contributed by atoms with Gasteiger partial charge in [-0.05, 0) is 66.6 Å². The molecule has 0 N–H and O–H groups in total. The summed E-state index contributed by atoms with van der Waals surface area (Å²) < 4.78 is 4.37. The third-order valence-corrected chi connectivity index (χ3v) is 7.45. The minimum Gasteiger partial charge on any atom is -0.309 e. The molecule has 4 aromatic carbocycles. The van der Waals surface area contributed by atoms with Crippen molar-refractivity contribution in [3.63, 3.8) is 0 Å². The second-order valence-electron chi connectivity index (χ2n) is 9.63. The third-order valence-electron chi connectivity index (χ3n) is 7.45. The van der Waals surface area contributed by atoms with Crippen LogP contribution in [0.15, 0.2) is 115 Å². The van der Waals surface area contributed by atoms with E-state index in [1.54, 1.807) is 0 Å². The molecule has 4 heteroatoms. The zero-order valence-electron chi connectivity index (χ0n) is 20.3. The number of benzene rings is 4. The van der Waals surface area contributed by atoms with Gasteiger partial charge < -0.3 is 4.57 Å². The summed E-state index contributed by atoms with van der Waals surface area (Å²) in [7, 11) is 0.